The van der Waals surface area contributed by atoms with Crippen LogP contribution in [0, 0.1) is 0 Å². The van der Waals surface area contributed by atoms with E-state index in [1.165, 1.54) is 7.11 Å². The molecule has 0 aliphatic rings. The first-order chi connectivity index (χ1) is 6.27. The minimum atomic E-state index is -0.443. The number of anilines is 1. The van der Waals surface area contributed by atoms with Crippen molar-refractivity contribution >= 4 is 23.5 Å². The van der Waals surface area contributed by atoms with Gasteiger partial charge >= 0.3 is 6.09 Å². The van der Waals surface area contributed by atoms with Gasteiger partial charge in [0.1, 0.15) is 0 Å². The van der Waals surface area contributed by atoms with Crippen molar-refractivity contribution in [2.24, 2.45) is 0 Å². The van der Waals surface area contributed by atoms with E-state index in [1.807, 2.05) is 30.5 Å². The smallest absolute Gasteiger partial charge is 0.411 e. The van der Waals surface area contributed by atoms with Crippen LogP contribution in [0.2, 0.25) is 0 Å². The Morgan fingerprint density at radius 1 is 1.46 bits per heavy atom. The van der Waals surface area contributed by atoms with Gasteiger partial charge < -0.3 is 4.74 Å². The van der Waals surface area contributed by atoms with Crippen LogP contribution in [0.1, 0.15) is 0 Å². The number of ether oxygens (including phenoxy) is 1. The Kier molecular flexibility index (Phi) is 3.64. The number of methoxy groups -OCH3 is 1. The SMILES string of the molecule is COC(=O)Nc1ccccc1SC. The number of hydrogen-bond donors (Lipinski definition) is 1. The highest BCUT2D eigenvalue weighted by Crippen LogP contribution is 2.24. The van der Waals surface area contributed by atoms with E-state index in [0.717, 1.165) is 10.6 Å². The van der Waals surface area contributed by atoms with Gasteiger partial charge in [0.05, 0.1) is 12.8 Å². The highest BCUT2D eigenvalue weighted by Gasteiger charge is 2.03. The monoisotopic (exact) mass is 197 g/mol. The summed E-state index contributed by atoms with van der Waals surface area (Å²) in [7, 11) is 1.34. The Hall–Kier alpha value is -1.16. The van der Waals surface area contributed by atoms with E-state index in [2.05, 4.69) is 10.1 Å². The fourth-order valence-corrected chi connectivity index (χ4v) is 1.46. The molecule has 1 aromatic rings. The topological polar surface area (TPSA) is 38.3 Å². The van der Waals surface area contributed by atoms with Crippen LogP contribution in [-0.4, -0.2) is 19.5 Å². The van der Waals surface area contributed by atoms with E-state index in [4.69, 9.17) is 0 Å². The fourth-order valence-electron chi connectivity index (χ4n) is 0.909. The van der Waals surface area contributed by atoms with E-state index in [-0.39, 0.29) is 0 Å². The molecule has 0 aromatic heterocycles. The summed E-state index contributed by atoms with van der Waals surface area (Å²) in [5.41, 5.74) is 0.779. The molecule has 0 aliphatic heterocycles. The number of para-hydroxylation sites is 1. The number of nitrogens with one attached hydrogen (secondary N) is 1. The van der Waals surface area contributed by atoms with Gasteiger partial charge in [-0.25, -0.2) is 4.79 Å². The first-order valence-corrected chi connectivity index (χ1v) is 4.98. The number of rotatable bonds is 2. The molecular formula is C9H11NO2S. The molecule has 0 atom stereocenters. The second-order valence-electron chi connectivity index (χ2n) is 2.32. The van der Waals surface area contributed by atoms with E-state index in [0.29, 0.717) is 0 Å². The molecular weight excluding hydrogens is 186 g/mol. The fraction of sp³-hybridized carbons (Fsp3) is 0.222. The summed E-state index contributed by atoms with van der Waals surface area (Å²) >= 11 is 1.58. The Balaban J connectivity index is 2.81. The largest absolute Gasteiger partial charge is 0.453 e. The second kappa shape index (κ2) is 4.77. The maximum Gasteiger partial charge on any atom is 0.411 e. The van der Waals surface area contributed by atoms with Gasteiger partial charge in [-0.15, -0.1) is 11.8 Å². The number of carbonyl (C=O) groups excluding carboxylic acids is 1. The van der Waals surface area contributed by atoms with Crippen molar-refractivity contribution in [3.8, 4) is 0 Å². The third-order valence-corrected chi connectivity index (χ3v) is 2.32. The maximum atomic E-state index is 10.9. The quantitative estimate of drug-likeness (QED) is 0.740. The molecule has 0 bridgehead atoms. The lowest BCUT2D eigenvalue weighted by molar-refractivity contribution is 0.187. The Morgan fingerprint density at radius 3 is 2.77 bits per heavy atom. The average molecular weight is 197 g/mol. The molecule has 1 rings (SSSR count). The summed E-state index contributed by atoms with van der Waals surface area (Å²) in [6, 6.07) is 7.57. The lowest BCUT2D eigenvalue weighted by Gasteiger charge is -2.07. The zero-order chi connectivity index (χ0) is 9.68. The van der Waals surface area contributed by atoms with Crippen LogP contribution < -0.4 is 5.32 Å². The highest BCUT2D eigenvalue weighted by atomic mass is 32.2. The van der Waals surface area contributed by atoms with Crippen molar-refractivity contribution in [2.75, 3.05) is 18.7 Å². The predicted octanol–water partition coefficient (Wildman–Crippen LogP) is 2.59. The van der Waals surface area contributed by atoms with Crippen LogP contribution >= 0.6 is 11.8 Å². The second-order valence-corrected chi connectivity index (χ2v) is 3.16. The van der Waals surface area contributed by atoms with Gasteiger partial charge in [-0.2, -0.15) is 0 Å². The van der Waals surface area contributed by atoms with E-state index < -0.39 is 6.09 Å². The van der Waals surface area contributed by atoms with E-state index in [1.54, 1.807) is 11.8 Å². The third-order valence-electron chi connectivity index (χ3n) is 1.53. The van der Waals surface area contributed by atoms with Gasteiger partial charge in [-0.05, 0) is 18.4 Å². The molecule has 0 aliphatic carbocycles. The van der Waals surface area contributed by atoms with Gasteiger partial charge in [0.2, 0.25) is 0 Å². The first kappa shape index (κ1) is 9.92. The van der Waals surface area contributed by atoms with Crippen LogP contribution in [0.15, 0.2) is 29.2 Å². The summed E-state index contributed by atoms with van der Waals surface area (Å²) in [6.45, 7) is 0. The number of benzene rings is 1. The molecule has 1 N–H and O–H groups in total. The number of thioether (sulfide) groups is 1. The summed E-state index contributed by atoms with van der Waals surface area (Å²) in [4.78, 5) is 11.9. The zero-order valence-corrected chi connectivity index (χ0v) is 8.35. The molecule has 0 saturated heterocycles. The summed E-state index contributed by atoms with van der Waals surface area (Å²) in [5.74, 6) is 0. The lowest BCUT2D eigenvalue weighted by Crippen LogP contribution is -2.11. The van der Waals surface area contributed by atoms with E-state index in [9.17, 15) is 4.79 Å². The lowest BCUT2D eigenvalue weighted by atomic mass is 10.3. The Labute approximate surface area is 81.5 Å². The number of amides is 1. The molecule has 0 saturated carbocycles. The minimum absolute atomic E-state index is 0.443. The molecule has 70 valence electrons. The number of hydrogen-bond acceptors (Lipinski definition) is 3. The molecule has 0 fully saturated rings. The van der Waals surface area contributed by atoms with Crippen LogP contribution in [0.5, 0.6) is 0 Å². The van der Waals surface area contributed by atoms with Crippen molar-refractivity contribution in [2.45, 2.75) is 4.90 Å². The molecule has 0 spiro atoms. The normalized spacial score (nSPS) is 9.38. The van der Waals surface area contributed by atoms with Crippen LogP contribution in [0.4, 0.5) is 10.5 Å². The molecule has 4 heteroatoms. The predicted molar refractivity (Wildman–Crippen MR) is 54.3 cm³/mol. The van der Waals surface area contributed by atoms with Crippen molar-refractivity contribution < 1.29 is 9.53 Å². The third kappa shape index (κ3) is 2.66. The van der Waals surface area contributed by atoms with Gasteiger partial charge in [-0.1, -0.05) is 12.1 Å². The zero-order valence-electron chi connectivity index (χ0n) is 7.53. The molecule has 1 aromatic carbocycles. The van der Waals surface area contributed by atoms with Crippen molar-refractivity contribution in [3.05, 3.63) is 24.3 Å². The van der Waals surface area contributed by atoms with Crippen LogP contribution in [0.3, 0.4) is 0 Å². The summed E-state index contributed by atoms with van der Waals surface area (Å²) in [6.07, 6.45) is 1.51. The van der Waals surface area contributed by atoms with Gasteiger partial charge in [0.25, 0.3) is 0 Å². The molecule has 3 nitrogen and oxygen atoms in total. The summed E-state index contributed by atoms with van der Waals surface area (Å²) in [5, 5.41) is 2.63. The van der Waals surface area contributed by atoms with Crippen LogP contribution in [0.25, 0.3) is 0 Å². The average Bonchev–Trinajstić information content (AvgIpc) is 2.18. The van der Waals surface area contributed by atoms with Crippen LogP contribution in [-0.2, 0) is 4.74 Å². The van der Waals surface area contributed by atoms with E-state index >= 15 is 0 Å². The summed E-state index contributed by atoms with van der Waals surface area (Å²) < 4.78 is 4.49. The highest BCUT2D eigenvalue weighted by molar-refractivity contribution is 7.98. The maximum absolute atomic E-state index is 10.9. The minimum Gasteiger partial charge on any atom is -0.453 e. The van der Waals surface area contributed by atoms with Crippen molar-refractivity contribution in [1.29, 1.82) is 0 Å². The molecule has 0 heterocycles. The molecule has 13 heavy (non-hydrogen) atoms. The van der Waals surface area contributed by atoms with Gasteiger partial charge in [0.15, 0.2) is 0 Å². The standard InChI is InChI=1S/C9H11NO2S/c1-12-9(11)10-7-5-3-4-6-8(7)13-2/h3-6H,1-2H3,(H,10,11). The number of carbonyl (C=O) groups is 1. The Bertz CT molecular complexity index is 301. The molecule has 0 unspecified atom stereocenters. The van der Waals surface area contributed by atoms with Gasteiger partial charge in [0, 0.05) is 4.90 Å². The molecule has 1 amide bonds. The molecule has 0 radical (unpaired) electrons. The van der Waals surface area contributed by atoms with Crippen molar-refractivity contribution in [1.82, 2.24) is 0 Å². The van der Waals surface area contributed by atoms with Crippen molar-refractivity contribution in [3.63, 3.8) is 0 Å². The van der Waals surface area contributed by atoms with Gasteiger partial charge in [-0.3, -0.25) is 5.32 Å². The Morgan fingerprint density at radius 2 is 2.15 bits per heavy atom. The first-order valence-electron chi connectivity index (χ1n) is 3.76.